The molecule has 0 aromatic heterocycles. The molecule has 0 amide bonds. The summed E-state index contributed by atoms with van der Waals surface area (Å²) in [4.78, 5) is 5.93. The van der Waals surface area contributed by atoms with E-state index in [0.717, 1.165) is 18.6 Å². The van der Waals surface area contributed by atoms with Gasteiger partial charge in [-0.1, -0.05) is 0 Å². The Morgan fingerprint density at radius 1 is 1.33 bits per heavy atom. The summed E-state index contributed by atoms with van der Waals surface area (Å²) in [5.74, 6) is -0.0635. The number of nitrogens with one attached hydrogen (secondary N) is 1. The maximum Gasteiger partial charge on any atom is 0.416 e. The summed E-state index contributed by atoms with van der Waals surface area (Å²) >= 11 is 0. The topological polar surface area (TPSA) is 164 Å². The Morgan fingerprint density at radius 3 is 2.53 bits per heavy atom. The van der Waals surface area contributed by atoms with E-state index in [1.165, 1.54) is 12.1 Å². The summed E-state index contributed by atoms with van der Waals surface area (Å²) in [5, 5.41) is 17.5. The number of amidine groups is 2. The number of halogens is 3. The van der Waals surface area contributed by atoms with E-state index in [9.17, 15) is 18.3 Å². The molecule has 1 aliphatic heterocycles. The zero-order valence-corrected chi connectivity index (χ0v) is 16.4. The molecule has 2 rings (SSSR count). The van der Waals surface area contributed by atoms with Crippen LogP contribution in [0.4, 0.5) is 18.9 Å². The molecule has 1 aliphatic rings. The summed E-state index contributed by atoms with van der Waals surface area (Å²) in [5.41, 5.74) is 22.5. The molecule has 1 heterocycles. The van der Waals surface area contributed by atoms with Gasteiger partial charge in [0.2, 0.25) is 0 Å². The van der Waals surface area contributed by atoms with Crippen LogP contribution >= 0.6 is 0 Å². The van der Waals surface area contributed by atoms with E-state index in [-0.39, 0.29) is 40.2 Å². The minimum atomic E-state index is -4.56. The van der Waals surface area contributed by atoms with Crippen LogP contribution in [0.2, 0.25) is 0 Å². The van der Waals surface area contributed by atoms with Crippen LogP contribution in [0.15, 0.2) is 46.8 Å². The number of benzene rings is 1. The van der Waals surface area contributed by atoms with Gasteiger partial charge in [-0.3, -0.25) is 10.4 Å². The lowest BCUT2D eigenvalue weighted by Gasteiger charge is -2.18. The molecule has 0 bridgehead atoms. The Morgan fingerprint density at radius 2 is 2.00 bits per heavy atom. The third-order valence-electron chi connectivity index (χ3n) is 4.69. The van der Waals surface area contributed by atoms with E-state index >= 15 is 0 Å². The van der Waals surface area contributed by atoms with Crippen LogP contribution in [-0.2, 0) is 6.18 Å². The molecule has 2 atom stereocenters. The number of nitrogen functional groups attached to an aromatic ring is 1. The molecule has 1 aromatic rings. The van der Waals surface area contributed by atoms with Gasteiger partial charge in [-0.2, -0.15) is 13.2 Å². The van der Waals surface area contributed by atoms with Crippen molar-refractivity contribution in [3.63, 3.8) is 0 Å². The zero-order chi connectivity index (χ0) is 22.6. The fourth-order valence-electron chi connectivity index (χ4n) is 3.04. The Kier molecular flexibility index (Phi) is 6.98. The summed E-state index contributed by atoms with van der Waals surface area (Å²) < 4.78 is 39.2. The van der Waals surface area contributed by atoms with Crippen LogP contribution in [-0.4, -0.2) is 40.8 Å². The molecule has 10 N–H and O–H groups in total. The van der Waals surface area contributed by atoms with E-state index in [2.05, 4.69) is 4.99 Å². The second kappa shape index (κ2) is 9.08. The monoisotopic (exact) mass is 425 g/mol. The molecule has 164 valence electrons. The minimum absolute atomic E-state index is 0.0506. The molecule has 1 aromatic carbocycles. The lowest BCUT2D eigenvalue weighted by molar-refractivity contribution is -0.137. The summed E-state index contributed by atoms with van der Waals surface area (Å²) in [6, 6.07) is 2.31. The Labute approximate surface area is 172 Å². The highest BCUT2D eigenvalue weighted by atomic mass is 19.4. The number of aliphatic hydroxyl groups excluding tert-OH is 1. The van der Waals surface area contributed by atoms with Crippen molar-refractivity contribution in [2.75, 3.05) is 18.8 Å². The van der Waals surface area contributed by atoms with Crippen LogP contribution in [0.3, 0.4) is 0 Å². The second-order valence-electron chi connectivity index (χ2n) is 7.10. The van der Waals surface area contributed by atoms with Gasteiger partial charge in [0.25, 0.3) is 0 Å². The maximum atomic E-state index is 13.1. The minimum Gasteiger partial charge on any atom is -0.513 e. The van der Waals surface area contributed by atoms with E-state index < -0.39 is 17.8 Å². The van der Waals surface area contributed by atoms with E-state index in [1.807, 2.05) is 0 Å². The molecule has 8 nitrogen and oxygen atoms in total. The van der Waals surface area contributed by atoms with Gasteiger partial charge in [-0.25, -0.2) is 0 Å². The van der Waals surface area contributed by atoms with Crippen LogP contribution in [0.5, 0.6) is 0 Å². The number of alkyl halides is 3. The second-order valence-corrected chi connectivity index (χ2v) is 7.10. The number of likely N-dealkylation sites (tertiary alicyclic amines) is 1. The number of nitrogens with zero attached hydrogens (tertiary/aromatic N) is 2. The number of aliphatic hydroxyl groups is 1. The highest BCUT2D eigenvalue weighted by Gasteiger charge is 2.31. The van der Waals surface area contributed by atoms with E-state index in [1.54, 1.807) is 11.8 Å². The molecule has 0 spiro atoms. The summed E-state index contributed by atoms with van der Waals surface area (Å²) in [7, 11) is 0. The molecule has 11 heteroatoms. The zero-order valence-electron chi connectivity index (χ0n) is 16.4. The quantitative estimate of drug-likeness (QED) is 0.139. The molecule has 0 aliphatic carbocycles. The number of aliphatic imine (C=N–C) groups is 1. The van der Waals surface area contributed by atoms with Crippen molar-refractivity contribution >= 4 is 17.4 Å². The normalized spacial score (nSPS) is 19.8. The van der Waals surface area contributed by atoms with Crippen molar-refractivity contribution < 1.29 is 18.3 Å². The third-order valence-corrected chi connectivity index (χ3v) is 4.69. The molecule has 30 heavy (non-hydrogen) atoms. The molecular formula is C19H26F3N7O. The number of nitrogens with two attached hydrogens (primary N) is 4. The molecule has 1 unspecified atom stereocenters. The van der Waals surface area contributed by atoms with Crippen LogP contribution in [0, 0.1) is 5.41 Å². The molecule has 1 fully saturated rings. The van der Waals surface area contributed by atoms with Gasteiger partial charge in [0.05, 0.1) is 17.3 Å². The van der Waals surface area contributed by atoms with Gasteiger partial charge in [-0.15, -0.1) is 0 Å². The SMILES string of the molecule is C[C@@H](N=C(N)C(=CC(=N)N1CCC(N)C1)C(N)=CO)c1cc(N)cc(C(F)(F)F)c1. The van der Waals surface area contributed by atoms with Crippen molar-refractivity contribution in [2.24, 2.45) is 22.2 Å². The first-order chi connectivity index (χ1) is 13.9. The van der Waals surface area contributed by atoms with Gasteiger partial charge in [-0.05, 0) is 43.2 Å². The third kappa shape index (κ3) is 5.66. The van der Waals surface area contributed by atoms with Gasteiger partial charge in [0.1, 0.15) is 17.9 Å². The summed E-state index contributed by atoms with van der Waals surface area (Å²) in [6.45, 7) is 2.62. The highest BCUT2D eigenvalue weighted by molar-refractivity contribution is 6.07. The molecular weight excluding hydrogens is 399 g/mol. The van der Waals surface area contributed by atoms with Gasteiger partial charge >= 0.3 is 6.18 Å². The first kappa shape index (κ1) is 23.1. The van der Waals surface area contributed by atoms with Crippen LogP contribution in [0.25, 0.3) is 0 Å². The fourth-order valence-corrected chi connectivity index (χ4v) is 3.04. The van der Waals surface area contributed by atoms with Crippen molar-refractivity contribution in [3.05, 3.63) is 52.9 Å². The van der Waals surface area contributed by atoms with Crippen LogP contribution in [0.1, 0.15) is 30.5 Å². The maximum absolute atomic E-state index is 13.1. The van der Waals surface area contributed by atoms with Gasteiger partial charge in [0, 0.05) is 30.4 Å². The van der Waals surface area contributed by atoms with Crippen molar-refractivity contribution in [2.45, 2.75) is 31.6 Å². The van der Waals surface area contributed by atoms with E-state index in [0.29, 0.717) is 19.4 Å². The number of hydrogen-bond donors (Lipinski definition) is 6. The Bertz CT molecular complexity index is 893. The average Bonchev–Trinajstić information content (AvgIpc) is 3.10. The fraction of sp³-hybridized carbons (Fsp3) is 0.368. The van der Waals surface area contributed by atoms with Gasteiger partial charge in [0.15, 0.2) is 0 Å². The van der Waals surface area contributed by atoms with Crippen molar-refractivity contribution in [1.82, 2.24) is 4.90 Å². The largest absolute Gasteiger partial charge is 0.513 e. The van der Waals surface area contributed by atoms with Crippen molar-refractivity contribution in [3.8, 4) is 0 Å². The lowest BCUT2D eigenvalue weighted by atomic mass is 10.0. The van der Waals surface area contributed by atoms with E-state index in [4.69, 9.17) is 28.3 Å². The highest BCUT2D eigenvalue weighted by Crippen LogP contribution is 2.33. The lowest BCUT2D eigenvalue weighted by Crippen LogP contribution is -2.31. The number of anilines is 1. The van der Waals surface area contributed by atoms with Crippen molar-refractivity contribution in [1.29, 1.82) is 5.41 Å². The average molecular weight is 425 g/mol. The predicted octanol–water partition coefficient (Wildman–Crippen LogP) is 2.00. The first-order valence-electron chi connectivity index (χ1n) is 9.14. The molecule has 1 saturated heterocycles. The molecule has 0 saturated carbocycles. The Balaban J connectivity index is 2.36. The number of hydrogen-bond acceptors (Lipinski definition) is 6. The van der Waals surface area contributed by atoms with Crippen LogP contribution < -0.4 is 22.9 Å². The predicted molar refractivity (Wildman–Crippen MR) is 111 cm³/mol. The first-order valence-corrected chi connectivity index (χ1v) is 9.14. The molecule has 0 radical (unpaired) electrons. The Hall–Kier alpha value is -3.21. The smallest absolute Gasteiger partial charge is 0.416 e. The standard InChI is InChI=1S/C19H26F3N7O/c1-10(11-4-12(19(20,21)22)6-14(24)5-11)28-18(27)15(16(25)9-30)7-17(26)29-3-2-13(23)8-29/h4-7,9-10,13,26,30H,2-3,8,23-25H2,1H3,(H2,27,28)/t10-,13?/m1/s1. The number of rotatable bonds is 5. The van der Waals surface area contributed by atoms with Gasteiger partial charge < -0.3 is 32.9 Å². The summed E-state index contributed by atoms with van der Waals surface area (Å²) in [6.07, 6.45) is -1.87.